The first-order chi connectivity index (χ1) is 8.22. The lowest BCUT2D eigenvalue weighted by atomic mass is 10.2. The van der Waals surface area contributed by atoms with Crippen molar-refractivity contribution in [2.24, 2.45) is 0 Å². The molecule has 90 valence electrons. The lowest BCUT2D eigenvalue weighted by molar-refractivity contribution is 0.294. The zero-order valence-corrected chi connectivity index (χ0v) is 9.24. The SMILES string of the molecule is Fc1ccc2ncn(C[C@@H]3CCC(F)N3)c2c1. The number of hydrogen-bond donors (Lipinski definition) is 1. The first kappa shape index (κ1) is 10.7. The van der Waals surface area contributed by atoms with Crippen molar-refractivity contribution in [3.05, 3.63) is 30.3 Å². The first-order valence-electron chi connectivity index (χ1n) is 5.73. The third-order valence-electron chi connectivity index (χ3n) is 3.19. The van der Waals surface area contributed by atoms with Crippen molar-refractivity contribution in [3.63, 3.8) is 0 Å². The summed E-state index contributed by atoms with van der Waals surface area (Å²) in [6.45, 7) is 0.625. The van der Waals surface area contributed by atoms with E-state index in [2.05, 4.69) is 10.3 Å². The molecule has 0 radical (unpaired) electrons. The molecule has 1 aliphatic heterocycles. The Kier molecular flexibility index (Phi) is 2.55. The van der Waals surface area contributed by atoms with E-state index in [1.54, 1.807) is 12.4 Å². The van der Waals surface area contributed by atoms with Crippen LogP contribution in [0.1, 0.15) is 12.8 Å². The van der Waals surface area contributed by atoms with Gasteiger partial charge in [-0.1, -0.05) is 0 Å². The first-order valence-corrected chi connectivity index (χ1v) is 5.73. The molecule has 1 saturated heterocycles. The van der Waals surface area contributed by atoms with Gasteiger partial charge in [0.15, 0.2) is 6.30 Å². The molecular weight excluding hydrogens is 224 g/mol. The number of alkyl halides is 1. The van der Waals surface area contributed by atoms with Crippen molar-refractivity contribution < 1.29 is 8.78 Å². The molecule has 2 aromatic rings. The summed E-state index contributed by atoms with van der Waals surface area (Å²) >= 11 is 0. The van der Waals surface area contributed by atoms with E-state index in [0.717, 1.165) is 17.5 Å². The van der Waals surface area contributed by atoms with E-state index in [-0.39, 0.29) is 11.9 Å². The number of halogens is 2. The van der Waals surface area contributed by atoms with Gasteiger partial charge in [0, 0.05) is 12.6 Å². The van der Waals surface area contributed by atoms with Crippen molar-refractivity contribution in [2.75, 3.05) is 0 Å². The van der Waals surface area contributed by atoms with Crippen LogP contribution in [0.5, 0.6) is 0 Å². The maximum atomic E-state index is 13.2. The van der Waals surface area contributed by atoms with E-state index >= 15 is 0 Å². The maximum absolute atomic E-state index is 13.2. The van der Waals surface area contributed by atoms with E-state index in [4.69, 9.17) is 0 Å². The van der Waals surface area contributed by atoms with Crippen LogP contribution >= 0.6 is 0 Å². The van der Waals surface area contributed by atoms with Crippen LogP contribution in [-0.2, 0) is 6.54 Å². The molecule has 3 rings (SSSR count). The van der Waals surface area contributed by atoms with Crippen molar-refractivity contribution in [2.45, 2.75) is 31.7 Å². The summed E-state index contributed by atoms with van der Waals surface area (Å²) < 4.78 is 28.0. The Morgan fingerprint density at radius 1 is 1.41 bits per heavy atom. The molecule has 1 fully saturated rings. The number of imidazole rings is 1. The number of hydrogen-bond acceptors (Lipinski definition) is 2. The Bertz CT molecular complexity index is 538. The molecule has 2 heterocycles. The summed E-state index contributed by atoms with van der Waals surface area (Å²) in [5.41, 5.74) is 1.52. The van der Waals surface area contributed by atoms with Gasteiger partial charge in [-0.3, -0.25) is 5.32 Å². The Balaban J connectivity index is 1.87. The molecule has 1 aliphatic rings. The molecule has 0 bridgehead atoms. The van der Waals surface area contributed by atoms with Crippen LogP contribution in [0.25, 0.3) is 11.0 Å². The Labute approximate surface area is 97.5 Å². The Morgan fingerprint density at radius 2 is 2.29 bits per heavy atom. The standard InChI is InChI=1S/C12H13F2N3/c13-8-1-3-10-11(5-8)17(7-15-10)6-9-2-4-12(14)16-9/h1,3,5,7,9,12,16H,2,4,6H2/t9-,12?/m0/s1. The van der Waals surface area contributed by atoms with Crippen LogP contribution in [0, 0.1) is 5.82 Å². The van der Waals surface area contributed by atoms with Crippen molar-refractivity contribution in [1.82, 2.24) is 14.9 Å². The highest BCUT2D eigenvalue weighted by atomic mass is 19.1. The Morgan fingerprint density at radius 3 is 3.06 bits per heavy atom. The van der Waals surface area contributed by atoms with Crippen LogP contribution in [0.15, 0.2) is 24.5 Å². The van der Waals surface area contributed by atoms with Crippen molar-refractivity contribution >= 4 is 11.0 Å². The lowest BCUT2D eigenvalue weighted by Gasteiger charge is -2.12. The number of rotatable bonds is 2. The van der Waals surface area contributed by atoms with Crippen LogP contribution in [-0.4, -0.2) is 21.9 Å². The van der Waals surface area contributed by atoms with Gasteiger partial charge in [0.2, 0.25) is 0 Å². The smallest absolute Gasteiger partial charge is 0.151 e. The fourth-order valence-corrected chi connectivity index (χ4v) is 2.33. The van der Waals surface area contributed by atoms with E-state index < -0.39 is 6.30 Å². The molecule has 0 saturated carbocycles. The average molecular weight is 237 g/mol. The highest BCUT2D eigenvalue weighted by Crippen LogP contribution is 2.18. The van der Waals surface area contributed by atoms with E-state index in [9.17, 15) is 8.78 Å². The fourth-order valence-electron chi connectivity index (χ4n) is 2.33. The number of aromatic nitrogens is 2. The zero-order chi connectivity index (χ0) is 11.8. The topological polar surface area (TPSA) is 29.9 Å². The van der Waals surface area contributed by atoms with Gasteiger partial charge in [-0.15, -0.1) is 0 Å². The molecule has 1 unspecified atom stereocenters. The Hall–Kier alpha value is -1.49. The van der Waals surface area contributed by atoms with Crippen molar-refractivity contribution in [3.8, 4) is 0 Å². The van der Waals surface area contributed by atoms with Gasteiger partial charge in [-0.25, -0.2) is 13.8 Å². The maximum Gasteiger partial charge on any atom is 0.151 e. The summed E-state index contributed by atoms with van der Waals surface area (Å²) in [6, 6.07) is 4.61. The second-order valence-electron chi connectivity index (χ2n) is 4.44. The predicted molar refractivity (Wildman–Crippen MR) is 60.7 cm³/mol. The van der Waals surface area contributed by atoms with Crippen LogP contribution in [0.4, 0.5) is 8.78 Å². The summed E-state index contributed by atoms with van der Waals surface area (Å²) in [5.74, 6) is -0.276. The van der Waals surface area contributed by atoms with E-state index in [1.807, 2.05) is 4.57 Å². The fraction of sp³-hybridized carbons (Fsp3) is 0.417. The van der Waals surface area contributed by atoms with Crippen LogP contribution in [0.2, 0.25) is 0 Å². The molecule has 1 N–H and O–H groups in total. The molecule has 1 aromatic heterocycles. The van der Waals surface area contributed by atoms with Gasteiger partial charge >= 0.3 is 0 Å². The van der Waals surface area contributed by atoms with Gasteiger partial charge in [0.05, 0.1) is 17.4 Å². The van der Waals surface area contributed by atoms with Gasteiger partial charge in [-0.2, -0.15) is 0 Å². The zero-order valence-electron chi connectivity index (χ0n) is 9.24. The number of nitrogens with one attached hydrogen (secondary N) is 1. The largest absolute Gasteiger partial charge is 0.329 e. The normalized spacial score (nSPS) is 24.6. The van der Waals surface area contributed by atoms with Gasteiger partial charge in [-0.05, 0) is 31.0 Å². The van der Waals surface area contributed by atoms with E-state index in [0.29, 0.717) is 13.0 Å². The summed E-state index contributed by atoms with van der Waals surface area (Å²) in [6.07, 6.45) is 2.12. The van der Waals surface area contributed by atoms with Gasteiger partial charge in [0.25, 0.3) is 0 Å². The molecule has 17 heavy (non-hydrogen) atoms. The minimum absolute atomic E-state index is 0.102. The average Bonchev–Trinajstić information content (AvgIpc) is 2.87. The second kappa shape index (κ2) is 4.07. The van der Waals surface area contributed by atoms with Crippen molar-refractivity contribution in [1.29, 1.82) is 0 Å². The lowest BCUT2D eigenvalue weighted by Crippen LogP contribution is -2.30. The quantitative estimate of drug-likeness (QED) is 0.812. The van der Waals surface area contributed by atoms with E-state index in [1.165, 1.54) is 12.1 Å². The number of nitrogens with zero attached hydrogens (tertiary/aromatic N) is 2. The minimum Gasteiger partial charge on any atom is -0.329 e. The number of fused-ring (bicyclic) bond motifs is 1. The number of benzene rings is 1. The van der Waals surface area contributed by atoms with Crippen LogP contribution in [0.3, 0.4) is 0 Å². The predicted octanol–water partition coefficient (Wildman–Crippen LogP) is 2.22. The second-order valence-corrected chi connectivity index (χ2v) is 4.44. The summed E-state index contributed by atoms with van der Waals surface area (Å²) in [4.78, 5) is 4.20. The molecule has 1 aromatic carbocycles. The molecule has 3 nitrogen and oxygen atoms in total. The third kappa shape index (κ3) is 2.02. The van der Waals surface area contributed by atoms with Crippen LogP contribution < -0.4 is 5.32 Å². The third-order valence-corrected chi connectivity index (χ3v) is 3.19. The minimum atomic E-state index is -0.911. The summed E-state index contributed by atoms with van der Waals surface area (Å²) in [7, 11) is 0. The summed E-state index contributed by atoms with van der Waals surface area (Å²) in [5, 5.41) is 2.86. The highest BCUT2D eigenvalue weighted by Gasteiger charge is 2.23. The van der Waals surface area contributed by atoms with Gasteiger partial charge in [0.1, 0.15) is 5.82 Å². The monoisotopic (exact) mass is 237 g/mol. The van der Waals surface area contributed by atoms with Gasteiger partial charge < -0.3 is 4.57 Å². The highest BCUT2D eigenvalue weighted by molar-refractivity contribution is 5.75. The molecule has 0 amide bonds. The molecule has 0 spiro atoms. The molecular formula is C12H13F2N3. The molecule has 5 heteroatoms. The molecule has 0 aliphatic carbocycles. The molecule has 2 atom stereocenters.